The summed E-state index contributed by atoms with van der Waals surface area (Å²) >= 11 is 5.92. The van der Waals surface area contributed by atoms with Crippen molar-refractivity contribution in [1.82, 2.24) is 15.8 Å². The highest BCUT2D eigenvalue weighted by Crippen LogP contribution is 2.15. The first-order valence-corrected chi connectivity index (χ1v) is 8.19. The lowest BCUT2D eigenvalue weighted by atomic mass is 9.99. The maximum absolute atomic E-state index is 12.0. The predicted octanol–water partition coefficient (Wildman–Crippen LogP) is 1.91. The molecule has 7 nitrogen and oxygen atoms in total. The average Bonchev–Trinajstić information content (AvgIpc) is 2.60. The van der Waals surface area contributed by atoms with Gasteiger partial charge in [0.1, 0.15) is 11.6 Å². The smallest absolute Gasteiger partial charge is 0.271 e. The number of aromatic amines is 1. The number of hydrogen-bond donors (Lipinski definition) is 3. The van der Waals surface area contributed by atoms with Gasteiger partial charge in [0.25, 0.3) is 11.5 Å². The average molecular weight is 373 g/mol. The lowest BCUT2D eigenvalue weighted by Crippen LogP contribution is -2.41. The Bertz CT molecular complexity index is 960. The Morgan fingerprint density at radius 3 is 2.58 bits per heavy atom. The molecule has 0 unspecified atom stereocenters. The van der Waals surface area contributed by atoms with E-state index in [4.69, 9.17) is 16.9 Å². The van der Waals surface area contributed by atoms with E-state index in [9.17, 15) is 14.4 Å². The summed E-state index contributed by atoms with van der Waals surface area (Å²) in [5, 5.41) is 9.34. The van der Waals surface area contributed by atoms with Gasteiger partial charge < -0.3 is 4.98 Å². The van der Waals surface area contributed by atoms with E-state index >= 15 is 0 Å². The molecule has 2 amide bonds. The van der Waals surface area contributed by atoms with Crippen molar-refractivity contribution in [3.05, 3.63) is 67.6 Å². The molecular weight excluding hydrogens is 356 g/mol. The first-order chi connectivity index (χ1) is 12.3. The van der Waals surface area contributed by atoms with Crippen molar-refractivity contribution in [1.29, 1.82) is 5.26 Å². The predicted molar refractivity (Wildman–Crippen MR) is 96.6 cm³/mol. The van der Waals surface area contributed by atoms with Gasteiger partial charge in [-0.3, -0.25) is 25.2 Å². The van der Waals surface area contributed by atoms with E-state index in [0.29, 0.717) is 17.7 Å². The maximum Gasteiger partial charge on any atom is 0.271 e. The fraction of sp³-hybridized carbons (Fsp3) is 0.222. The lowest BCUT2D eigenvalue weighted by molar-refractivity contribution is -0.121. The van der Waals surface area contributed by atoms with Crippen LogP contribution in [0.25, 0.3) is 0 Å². The van der Waals surface area contributed by atoms with E-state index in [1.165, 1.54) is 0 Å². The monoisotopic (exact) mass is 372 g/mol. The van der Waals surface area contributed by atoms with Gasteiger partial charge >= 0.3 is 0 Å². The van der Waals surface area contributed by atoms with Gasteiger partial charge in [-0.15, -0.1) is 0 Å². The summed E-state index contributed by atoms with van der Waals surface area (Å²) in [5.41, 5.74) is 6.37. The van der Waals surface area contributed by atoms with Gasteiger partial charge in [0.2, 0.25) is 5.91 Å². The van der Waals surface area contributed by atoms with E-state index in [0.717, 1.165) is 5.56 Å². The highest BCUT2D eigenvalue weighted by atomic mass is 35.5. The van der Waals surface area contributed by atoms with E-state index in [1.807, 2.05) is 6.07 Å². The topological polar surface area (TPSA) is 115 Å². The zero-order chi connectivity index (χ0) is 19.3. The first kappa shape index (κ1) is 19.2. The summed E-state index contributed by atoms with van der Waals surface area (Å²) in [5.74, 6) is -0.930. The number of aromatic nitrogens is 1. The van der Waals surface area contributed by atoms with E-state index in [1.54, 1.807) is 38.1 Å². The number of H-pyrrole nitrogens is 1. The molecule has 134 valence electrons. The Kier molecular flexibility index (Phi) is 6.15. The minimum atomic E-state index is -0.521. The SMILES string of the molecule is Cc1[nH]c(=O)c(C#N)c(C)c1CCC(=O)NNC(=O)c1ccccc1Cl. The van der Waals surface area contributed by atoms with Crippen molar-refractivity contribution in [2.24, 2.45) is 0 Å². The van der Waals surface area contributed by atoms with E-state index in [-0.39, 0.29) is 22.6 Å². The molecule has 0 bridgehead atoms. The quantitative estimate of drug-likeness (QED) is 0.711. The van der Waals surface area contributed by atoms with Crippen molar-refractivity contribution in [3.8, 4) is 6.07 Å². The van der Waals surface area contributed by atoms with Crippen molar-refractivity contribution in [3.63, 3.8) is 0 Å². The Hall–Kier alpha value is -3.11. The summed E-state index contributed by atoms with van der Waals surface area (Å²) in [4.78, 5) is 38.3. The van der Waals surface area contributed by atoms with Crippen LogP contribution in [0.15, 0.2) is 29.1 Å². The third kappa shape index (κ3) is 4.29. The standard InChI is InChI=1S/C18H17ClN4O3/c1-10-12(11(2)21-17(25)14(10)9-20)7-8-16(24)22-23-18(26)13-5-3-4-6-15(13)19/h3-6H,7-8H2,1-2H3,(H,21,25)(H,22,24)(H,23,26). The number of carbonyl (C=O) groups excluding carboxylic acids is 2. The van der Waals surface area contributed by atoms with Gasteiger partial charge in [-0.05, 0) is 43.5 Å². The summed E-state index contributed by atoms with van der Waals surface area (Å²) in [7, 11) is 0. The third-order valence-corrected chi connectivity index (χ3v) is 4.29. The van der Waals surface area contributed by atoms with Crippen LogP contribution in [0, 0.1) is 25.2 Å². The number of nitrogens with zero attached hydrogens (tertiary/aromatic N) is 1. The number of halogens is 1. The summed E-state index contributed by atoms with van der Waals surface area (Å²) in [6, 6.07) is 8.35. The van der Waals surface area contributed by atoms with Gasteiger partial charge in [-0.2, -0.15) is 5.26 Å². The van der Waals surface area contributed by atoms with Crippen molar-refractivity contribution < 1.29 is 9.59 Å². The lowest BCUT2D eigenvalue weighted by Gasteiger charge is -2.11. The van der Waals surface area contributed by atoms with E-state index in [2.05, 4.69) is 15.8 Å². The van der Waals surface area contributed by atoms with Gasteiger partial charge in [0, 0.05) is 12.1 Å². The number of amides is 2. The number of carbonyl (C=O) groups is 2. The molecule has 8 heteroatoms. The molecule has 0 aliphatic carbocycles. The second-order valence-corrected chi connectivity index (χ2v) is 6.06. The largest absolute Gasteiger partial charge is 0.325 e. The normalized spacial score (nSPS) is 10.1. The van der Waals surface area contributed by atoms with Gasteiger partial charge in [0.05, 0.1) is 10.6 Å². The number of hydrogen-bond acceptors (Lipinski definition) is 4. The molecule has 3 N–H and O–H groups in total. The molecule has 0 fully saturated rings. The summed E-state index contributed by atoms with van der Waals surface area (Å²) < 4.78 is 0. The second kappa shape index (κ2) is 8.32. The van der Waals surface area contributed by atoms with Crippen molar-refractivity contribution in [2.75, 3.05) is 0 Å². The van der Waals surface area contributed by atoms with Crippen LogP contribution in [-0.4, -0.2) is 16.8 Å². The molecule has 0 aliphatic heterocycles. The Morgan fingerprint density at radius 1 is 1.23 bits per heavy atom. The molecule has 0 radical (unpaired) electrons. The molecule has 0 aliphatic rings. The van der Waals surface area contributed by atoms with Gasteiger partial charge in [0.15, 0.2) is 0 Å². The molecule has 0 saturated carbocycles. The molecule has 2 rings (SSSR count). The Balaban J connectivity index is 1.98. The molecule has 26 heavy (non-hydrogen) atoms. The van der Waals surface area contributed by atoms with Gasteiger partial charge in [-0.1, -0.05) is 23.7 Å². The van der Waals surface area contributed by atoms with Crippen LogP contribution in [0.1, 0.15) is 39.2 Å². The third-order valence-electron chi connectivity index (χ3n) is 3.96. The summed E-state index contributed by atoms with van der Waals surface area (Å²) in [6.07, 6.45) is 0.387. The Labute approximate surface area is 155 Å². The van der Waals surface area contributed by atoms with Crippen LogP contribution in [0.5, 0.6) is 0 Å². The number of benzene rings is 1. The zero-order valence-corrected chi connectivity index (χ0v) is 15.0. The van der Waals surface area contributed by atoms with Crippen molar-refractivity contribution >= 4 is 23.4 Å². The minimum absolute atomic E-state index is 0.0398. The number of aryl methyl sites for hydroxylation is 1. The minimum Gasteiger partial charge on any atom is -0.325 e. The van der Waals surface area contributed by atoms with Crippen LogP contribution < -0.4 is 16.4 Å². The maximum atomic E-state index is 12.0. The number of nitriles is 1. The number of rotatable bonds is 4. The van der Waals surface area contributed by atoms with Crippen molar-refractivity contribution in [2.45, 2.75) is 26.7 Å². The Morgan fingerprint density at radius 2 is 1.92 bits per heavy atom. The molecule has 0 saturated heterocycles. The van der Waals surface area contributed by atoms with Crippen LogP contribution >= 0.6 is 11.6 Å². The fourth-order valence-electron chi connectivity index (χ4n) is 2.56. The number of pyridine rings is 1. The van der Waals surface area contributed by atoms with Crippen LogP contribution in [0.4, 0.5) is 0 Å². The first-order valence-electron chi connectivity index (χ1n) is 7.81. The molecule has 1 aromatic heterocycles. The van der Waals surface area contributed by atoms with Crippen LogP contribution in [0.2, 0.25) is 5.02 Å². The molecule has 2 aromatic rings. The molecule has 0 atom stereocenters. The highest BCUT2D eigenvalue weighted by Gasteiger charge is 2.14. The second-order valence-electron chi connectivity index (χ2n) is 5.65. The zero-order valence-electron chi connectivity index (χ0n) is 14.3. The molecule has 0 spiro atoms. The molecule has 1 heterocycles. The van der Waals surface area contributed by atoms with Gasteiger partial charge in [-0.25, -0.2) is 0 Å². The molecule has 1 aromatic carbocycles. The van der Waals surface area contributed by atoms with Crippen LogP contribution in [-0.2, 0) is 11.2 Å². The van der Waals surface area contributed by atoms with E-state index < -0.39 is 17.4 Å². The molecular formula is C18H17ClN4O3. The number of hydrazine groups is 1. The van der Waals surface area contributed by atoms with Crippen LogP contribution in [0.3, 0.4) is 0 Å². The highest BCUT2D eigenvalue weighted by molar-refractivity contribution is 6.33. The fourth-order valence-corrected chi connectivity index (χ4v) is 2.78. The number of nitrogens with one attached hydrogen (secondary N) is 3. The summed E-state index contributed by atoms with van der Waals surface area (Å²) in [6.45, 7) is 3.38.